The van der Waals surface area contributed by atoms with E-state index in [1.54, 1.807) is 19.2 Å². The van der Waals surface area contributed by atoms with E-state index in [2.05, 4.69) is 20.6 Å². The summed E-state index contributed by atoms with van der Waals surface area (Å²) in [6.07, 6.45) is 0. The molecule has 2 N–H and O–H groups in total. The fourth-order valence-electron chi connectivity index (χ4n) is 3.48. The number of carbonyl (C=O) groups is 2. The van der Waals surface area contributed by atoms with Crippen LogP contribution in [0.1, 0.15) is 15.9 Å². The molecule has 2 heterocycles. The van der Waals surface area contributed by atoms with Crippen molar-refractivity contribution in [3.8, 4) is 17.0 Å². The van der Waals surface area contributed by atoms with E-state index in [9.17, 15) is 9.59 Å². The van der Waals surface area contributed by atoms with Crippen LogP contribution in [0, 0.1) is 0 Å². The van der Waals surface area contributed by atoms with Crippen LogP contribution in [0.3, 0.4) is 0 Å². The zero-order chi connectivity index (χ0) is 25.1. The highest BCUT2D eigenvalue weighted by Crippen LogP contribution is 2.31. The summed E-state index contributed by atoms with van der Waals surface area (Å²) in [5.41, 5.74) is 6.35. The number of amides is 1. The maximum atomic E-state index is 13.4. The van der Waals surface area contributed by atoms with E-state index in [4.69, 9.17) is 9.84 Å². The number of methoxy groups -OCH3 is 1. The molecule has 0 atom stereocenters. The zero-order valence-corrected chi connectivity index (χ0v) is 19.8. The standard InChI is InChI=1S/C26H19N5O4S/c1-35-20-13-9-16(10-14-20)21-15-36-26(27-21)31-24(32)23(22(30-31)17-5-3-2-4-6-17)29-28-19-11-7-18(8-12-19)25(33)34/h2-15,28H,1H3,(H,33,34)/b29-23+. The van der Waals surface area contributed by atoms with Crippen LogP contribution in [0.2, 0.25) is 0 Å². The second-order valence-corrected chi connectivity index (χ2v) is 8.47. The summed E-state index contributed by atoms with van der Waals surface area (Å²) in [6.45, 7) is 0. The van der Waals surface area contributed by atoms with Crippen LogP contribution in [0.25, 0.3) is 11.3 Å². The molecular formula is C26H19N5O4S. The first kappa shape index (κ1) is 22.9. The lowest BCUT2D eigenvalue weighted by atomic mass is 10.1. The van der Waals surface area contributed by atoms with Crippen LogP contribution in [0.4, 0.5) is 10.8 Å². The maximum absolute atomic E-state index is 13.4. The second kappa shape index (κ2) is 9.80. The first-order valence-corrected chi connectivity index (χ1v) is 11.7. The van der Waals surface area contributed by atoms with Gasteiger partial charge < -0.3 is 9.84 Å². The number of anilines is 2. The van der Waals surface area contributed by atoms with Gasteiger partial charge in [0.25, 0.3) is 0 Å². The maximum Gasteiger partial charge on any atom is 0.335 e. The third kappa shape index (κ3) is 4.57. The number of nitrogens with one attached hydrogen (secondary N) is 1. The quantitative estimate of drug-likeness (QED) is 0.357. The van der Waals surface area contributed by atoms with Crippen LogP contribution in [-0.4, -0.2) is 40.5 Å². The Balaban J connectivity index is 1.45. The van der Waals surface area contributed by atoms with Gasteiger partial charge in [-0.05, 0) is 48.5 Å². The van der Waals surface area contributed by atoms with E-state index in [1.165, 1.54) is 28.5 Å². The van der Waals surface area contributed by atoms with Crippen molar-refractivity contribution in [3.05, 3.63) is 95.4 Å². The Morgan fingerprint density at radius 1 is 1.00 bits per heavy atom. The Kier molecular flexibility index (Phi) is 6.25. The van der Waals surface area contributed by atoms with Crippen molar-refractivity contribution in [1.29, 1.82) is 0 Å². The second-order valence-electron chi connectivity index (χ2n) is 7.63. The summed E-state index contributed by atoms with van der Waals surface area (Å²) in [4.78, 5) is 29.1. The van der Waals surface area contributed by atoms with Crippen LogP contribution in [0.15, 0.2) is 94.4 Å². The number of thiazole rings is 1. The minimum absolute atomic E-state index is 0.115. The summed E-state index contributed by atoms with van der Waals surface area (Å²) in [6, 6.07) is 22.8. The Morgan fingerprint density at radius 2 is 1.72 bits per heavy atom. The normalized spacial score (nSPS) is 14.1. The van der Waals surface area contributed by atoms with Gasteiger partial charge in [0.1, 0.15) is 11.5 Å². The molecule has 4 aromatic rings. The van der Waals surface area contributed by atoms with Crippen LogP contribution in [-0.2, 0) is 4.79 Å². The number of aromatic carboxylic acids is 1. The molecule has 1 amide bonds. The number of carbonyl (C=O) groups excluding carboxylic acids is 1. The van der Waals surface area contributed by atoms with Gasteiger partial charge in [-0.2, -0.15) is 15.2 Å². The van der Waals surface area contributed by atoms with Gasteiger partial charge in [0.15, 0.2) is 5.71 Å². The third-order valence-corrected chi connectivity index (χ3v) is 6.17. The molecule has 0 spiro atoms. The molecule has 0 fully saturated rings. The van der Waals surface area contributed by atoms with Crippen molar-refractivity contribution in [2.75, 3.05) is 17.5 Å². The van der Waals surface area contributed by atoms with E-state index in [1.807, 2.05) is 60.0 Å². The minimum atomic E-state index is -1.02. The summed E-state index contributed by atoms with van der Waals surface area (Å²) >= 11 is 1.30. The SMILES string of the molecule is COc1ccc(-c2csc(N3N=C(c4ccccc4)/C(=N\Nc4ccc(C(=O)O)cc4)C3=O)n2)cc1. The summed E-state index contributed by atoms with van der Waals surface area (Å²) in [7, 11) is 1.61. The largest absolute Gasteiger partial charge is 0.497 e. The van der Waals surface area contributed by atoms with Crippen molar-refractivity contribution in [3.63, 3.8) is 0 Å². The number of hydrogen-bond donors (Lipinski definition) is 2. The van der Waals surface area contributed by atoms with E-state index in [-0.39, 0.29) is 11.3 Å². The number of nitrogens with zero attached hydrogens (tertiary/aromatic N) is 4. The smallest absolute Gasteiger partial charge is 0.335 e. The molecule has 36 heavy (non-hydrogen) atoms. The molecule has 0 aliphatic carbocycles. The monoisotopic (exact) mass is 497 g/mol. The number of hydrogen-bond acceptors (Lipinski definition) is 8. The van der Waals surface area contributed by atoms with E-state index >= 15 is 0 Å². The minimum Gasteiger partial charge on any atom is -0.497 e. The van der Waals surface area contributed by atoms with Gasteiger partial charge in [0.2, 0.25) is 5.13 Å². The number of rotatable bonds is 7. The predicted octanol–water partition coefficient (Wildman–Crippen LogP) is 4.74. The number of benzene rings is 3. The lowest BCUT2D eigenvalue weighted by Crippen LogP contribution is -2.28. The molecule has 0 saturated carbocycles. The summed E-state index contributed by atoms with van der Waals surface area (Å²) in [5.74, 6) is -0.712. The van der Waals surface area contributed by atoms with Crippen molar-refractivity contribution < 1.29 is 19.4 Å². The van der Waals surface area contributed by atoms with Crippen LogP contribution >= 0.6 is 11.3 Å². The molecule has 0 radical (unpaired) electrons. The molecule has 9 nitrogen and oxygen atoms in total. The highest BCUT2D eigenvalue weighted by molar-refractivity contribution is 7.14. The molecule has 1 aliphatic heterocycles. The Morgan fingerprint density at radius 3 is 2.39 bits per heavy atom. The van der Waals surface area contributed by atoms with Crippen molar-refractivity contribution in [2.45, 2.75) is 0 Å². The fourth-order valence-corrected chi connectivity index (χ4v) is 4.26. The number of hydrazone groups is 2. The average Bonchev–Trinajstić information content (AvgIpc) is 3.53. The molecule has 1 aliphatic rings. The van der Waals surface area contributed by atoms with Gasteiger partial charge in [0.05, 0.1) is 24.1 Å². The highest BCUT2D eigenvalue weighted by atomic mass is 32.1. The fraction of sp³-hybridized carbons (Fsp3) is 0.0385. The summed E-state index contributed by atoms with van der Waals surface area (Å²) < 4.78 is 5.21. The zero-order valence-electron chi connectivity index (χ0n) is 19.0. The lowest BCUT2D eigenvalue weighted by molar-refractivity contribution is -0.112. The van der Waals surface area contributed by atoms with Crippen molar-refractivity contribution in [1.82, 2.24) is 4.98 Å². The molecule has 5 rings (SSSR count). The van der Waals surface area contributed by atoms with Gasteiger partial charge in [-0.3, -0.25) is 10.2 Å². The number of ether oxygens (including phenoxy) is 1. The first-order valence-electron chi connectivity index (χ1n) is 10.8. The first-order chi connectivity index (χ1) is 17.5. The molecule has 0 saturated heterocycles. The van der Waals surface area contributed by atoms with Gasteiger partial charge >= 0.3 is 11.9 Å². The highest BCUT2D eigenvalue weighted by Gasteiger charge is 2.35. The number of aromatic nitrogens is 1. The molecule has 0 bridgehead atoms. The molecule has 178 valence electrons. The Bertz CT molecular complexity index is 1480. The summed E-state index contributed by atoms with van der Waals surface area (Å²) in [5, 5.41) is 21.5. The average molecular weight is 498 g/mol. The van der Waals surface area contributed by atoms with Gasteiger partial charge in [-0.15, -0.1) is 11.3 Å². The Hall–Kier alpha value is -4.83. The third-order valence-electron chi connectivity index (χ3n) is 5.35. The molecule has 3 aromatic carbocycles. The molecule has 1 aromatic heterocycles. The van der Waals surface area contributed by atoms with Crippen molar-refractivity contribution in [2.24, 2.45) is 10.2 Å². The van der Waals surface area contributed by atoms with E-state index in [0.717, 1.165) is 16.9 Å². The predicted molar refractivity (Wildman–Crippen MR) is 139 cm³/mol. The lowest BCUT2D eigenvalue weighted by Gasteiger charge is -2.07. The molecule has 0 unspecified atom stereocenters. The van der Waals surface area contributed by atoms with Crippen molar-refractivity contribution >= 4 is 45.5 Å². The van der Waals surface area contributed by atoms with Crippen LogP contribution < -0.4 is 15.2 Å². The number of carboxylic acids is 1. The number of carboxylic acid groups (broad SMARTS) is 1. The van der Waals surface area contributed by atoms with Gasteiger partial charge in [-0.25, -0.2) is 9.78 Å². The van der Waals surface area contributed by atoms with Gasteiger partial charge in [0, 0.05) is 16.5 Å². The Labute approximate surface area is 210 Å². The van der Waals surface area contributed by atoms with E-state index < -0.39 is 11.9 Å². The van der Waals surface area contributed by atoms with Gasteiger partial charge in [-0.1, -0.05) is 30.3 Å². The molecular weight excluding hydrogens is 478 g/mol. The molecule has 10 heteroatoms. The van der Waals surface area contributed by atoms with E-state index in [0.29, 0.717) is 22.2 Å². The topological polar surface area (TPSA) is 116 Å². The van der Waals surface area contributed by atoms with Crippen LogP contribution in [0.5, 0.6) is 5.75 Å².